The third kappa shape index (κ3) is 3.21. The fourth-order valence-electron chi connectivity index (χ4n) is 2.31. The monoisotopic (exact) mass is 257 g/mol. The molecule has 0 radical (unpaired) electrons. The summed E-state index contributed by atoms with van der Waals surface area (Å²) in [5, 5.41) is 0. The molecule has 0 saturated carbocycles. The van der Waals surface area contributed by atoms with E-state index in [-0.39, 0.29) is 11.9 Å². The Balaban J connectivity index is 2.27. The number of rotatable bonds is 4. The zero-order valence-electron chi connectivity index (χ0n) is 11.5. The minimum absolute atomic E-state index is 0.237. The molecular formula is C17H20FN. The van der Waals surface area contributed by atoms with Crippen LogP contribution >= 0.6 is 0 Å². The zero-order chi connectivity index (χ0) is 13.8. The van der Waals surface area contributed by atoms with Crippen LogP contribution in [-0.4, -0.2) is 0 Å². The number of aryl methyl sites for hydroxylation is 2. The molecule has 0 aromatic heterocycles. The number of hydrogen-bond donors (Lipinski definition) is 1. The maximum atomic E-state index is 13.3. The highest BCUT2D eigenvalue weighted by Crippen LogP contribution is 2.24. The van der Waals surface area contributed by atoms with Gasteiger partial charge >= 0.3 is 0 Å². The van der Waals surface area contributed by atoms with Crippen molar-refractivity contribution in [1.29, 1.82) is 0 Å². The van der Waals surface area contributed by atoms with Gasteiger partial charge in [-0.15, -0.1) is 0 Å². The quantitative estimate of drug-likeness (QED) is 0.875. The average Bonchev–Trinajstić information content (AvgIpc) is 2.42. The van der Waals surface area contributed by atoms with Crippen molar-refractivity contribution >= 4 is 0 Å². The molecule has 100 valence electrons. The van der Waals surface area contributed by atoms with Crippen molar-refractivity contribution in [3.05, 3.63) is 70.5 Å². The van der Waals surface area contributed by atoms with Gasteiger partial charge in [-0.1, -0.05) is 43.7 Å². The Labute approximate surface area is 114 Å². The lowest BCUT2D eigenvalue weighted by atomic mass is 9.94. The molecule has 0 spiro atoms. The van der Waals surface area contributed by atoms with Gasteiger partial charge in [0.2, 0.25) is 0 Å². The van der Waals surface area contributed by atoms with E-state index in [2.05, 4.69) is 19.1 Å². The molecule has 1 atom stereocenters. The van der Waals surface area contributed by atoms with E-state index >= 15 is 0 Å². The summed E-state index contributed by atoms with van der Waals surface area (Å²) in [6.45, 7) is 4.12. The third-order valence-electron chi connectivity index (χ3n) is 3.45. The molecule has 2 rings (SSSR count). The van der Waals surface area contributed by atoms with E-state index in [9.17, 15) is 4.39 Å². The summed E-state index contributed by atoms with van der Waals surface area (Å²) in [5.41, 5.74) is 10.4. The highest BCUT2D eigenvalue weighted by molar-refractivity contribution is 5.37. The summed E-state index contributed by atoms with van der Waals surface area (Å²) in [7, 11) is 0. The smallest absolute Gasteiger partial charge is 0.123 e. The number of hydrogen-bond acceptors (Lipinski definition) is 1. The van der Waals surface area contributed by atoms with Crippen molar-refractivity contribution in [2.75, 3.05) is 0 Å². The second-order valence-electron chi connectivity index (χ2n) is 4.97. The first kappa shape index (κ1) is 13.8. The van der Waals surface area contributed by atoms with Crippen LogP contribution in [0, 0.1) is 12.7 Å². The highest BCUT2D eigenvalue weighted by atomic mass is 19.1. The first-order valence-corrected chi connectivity index (χ1v) is 6.72. The van der Waals surface area contributed by atoms with Gasteiger partial charge in [0.1, 0.15) is 5.82 Å². The number of benzene rings is 2. The Morgan fingerprint density at radius 2 is 1.79 bits per heavy atom. The summed E-state index contributed by atoms with van der Waals surface area (Å²) in [5.74, 6) is -0.237. The number of nitrogens with two attached hydrogens (primary N) is 1. The zero-order valence-corrected chi connectivity index (χ0v) is 11.5. The lowest BCUT2D eigenvalue weighted by molar-refractivity contribution is 0.622. The van der Waals surface area contributed by atoms with Crippen LogP contribution in [0.4, 0.5) is 4.39 Å². The molecule has 0 aliphatic heterocycles. The minimum Gasteiger partial charge on any atom is -0.320 e. The van der Waals surface area contributed by atoms with Gasteiger partial charge in [0.15, 0.2) is 0 Å². The molecule has 0 saturated heterocycles. The average molecular weight is 257 g/mol. The number of halogens is 1. The van der Waals surface area contributed by atoms with E-state index in [0.29, 0.717) is 0 Å². The Morgan fingerprint density at radius 3 is 2.42 bits per heavy atom. The maximum absolute atomic E-state index is 13.3. The van der Waals surface area contributed by atoms with Crippen LogP contribution in [0.1, 0.15) is 41.6 Å². The van der Waals surface area contributed by atoms with Gasteiger partial charge in [0, 0.05) is 0 Å². The first-order chi connectivity index (χ1) is 9.11. The van der Waals surface area contributed by atoms with Crippen molar-refractivity contribution in [2.24, 2.45) is 5.73 Å². The molecule has 0 aliphatic rings. The molecule has 0 fully saturated rings. The van der Waals surface area contributed by atoms with Gasteiger partial charge in [0.05, 0.1) is 6.04 Å². The lowest BCUT2D eigenvalue weighted by Crippen LogP contribution is -2.13. The third-order valence-corrected chi connectivity index (χ3v) is 3.45. The van der Waals surface area contributed by atoms with Crippen molar-refractivity contribution < 1.29 is 4.39 Å². The maximum Gasteiger partial charge on any atom is 0.123 e. The van der Waals surface area contributed by atoms with Gasteiger partial charge in [-0.05, 0) is 47.7 Å². The molecule has 2 aromatic carbocycles. The van der Waals surface area contributed by atoms with Gasteiger partial charge in [-0.25, -0.2) is 4.39 Å². The normalized spacial score (nSPS) is 12.4. The van der Waals surface area contributed by atoms with E-state index in [1.165, 1.54) is 17.7 Å². The summed E-state index contributed by atoms with van der Waals surface area (Å²) in [6.07, 6.45) is 2.21. The van der Waals surface area contributed by atoms with Crippen molar-refractivity contribution in [3.8, 4) is 0 Å². The fraction of sp³-hybridized carbons (Fsp3) is 0.294. The molecule has 2 N–H and O–H groups in total. The molecule has 1 unspecified atom stereocenters. The van der Waals surface area contributed by atoms with Crippen LogP contribution in [0.2, 0.25) is 0 Å². The van der Waals surface area contributed by atoms with E-state index in [4.69, 9.17) is 5.73 Å². The SMILES string of the molecule is CCCc1ccc(C(N)c2cc(F)ccc2C)cc1. The van der Waals surface area contributed by atoms with Crippen LogP contribution in [0.25, 0.3) is 0 Å². The molecule has 0 aliphatic carbocycles. The predicted octanol–water partition coefficient (Wildman–Crippen LogP) is 4.13. The molecule has 0 amide bonds. The van der Waals surface area contributed by atoms with Gasteiger partial charge in [-0.3, -0.25) is 0 Å². The molecule has 2 heteroatoms. The first-order valence-electron chi connectivity index (χ1n) is 6.72. The molecule has 0 bridgehead atoms. The summed E-state index contributed by atoms with van der Waals surface area (Å²) in [6, 6.07) is 12.8. The molecule has 0 heterocycles. The van der Waals surface area contributed by atoms with E-state index in [1.54, 1.807) is 6.07 Å². The van der Waals surface area contributed by atoms with Crippen LogP contribution < -0.4 is 5.73 Å². The highest BCUT2D eigenvalue weighted by Gasteiger charge is 2.12. The van der Waals surface area contributed by atoms with Crippen molar-refractivity contribution in [1.82, 2.24) is 0 Å². The predicted molar refractivity (Wildman–Crippen MR) is 77.6 cm³/mol. The van der Waals surface area contributed by atoms with Gasteiger partial charge < -0.3 is 5.73 Å². The molecule has 2 aromatic rings. The lowest BCUT2D eigenvalue weighted by Gasteiger charge is -2.16. The van der Waals surface area contributed by atoms with E-state index in [0.717, 1.165) is 29.5 Å². The van der Waals surface area contributed by atoms with Crippen molar-refractivity contribution in [2.45, 2.75) is 32.7 Å². The van der Waals surface area contributed by atoms with Crippen molar-refractivity contribution in [3.63, 3.8) is 0 Å². The second-order valence-corrected chi connectivity index (χ2v) is 4.97. The summed E-state index contributed by atoms with van der Waals surface area (Å²) >= 11 is 0. The topological polar surface area (TPSA) is 26.0 Å². The molecule has 19 heavy (non-hydrogen) atoms. The Hall–Kier alpha value is -1.67. The Bertz CT molecular complexity index is 546. The summed E-state index contributed by atoms with van der Waals surface area (Å²) < 4.78 is 13.3. The largest absolute Gasteiger partial charge is 0.320 e. The van der Waals surface area contributed by atoms with Crippen LogP contribution in [0.5, 0.6) is 0 Å². The second kappa shape index (κ2) is 5.98. The van der Waals surface area contributed by atoms with E-state index < -0.39 is 0 Å². The standard InChI is InChI=1S/C17H20FN/c1-3-4-13-6-8-14(9-7-13)17(19)16-11-15(18)10-5-12(16)2/h5-11,17H,3-4,19H2,1-2H3. The van der Waals surface area contributed by atoms with E-state index in [1.807, 2.05) is 19.1 Å². The molecule has 1 nitrogen and oxygen atoms in total. The minimum atomic E-state index is -0.272. The summed E-state index contributed by atoms with van der Waals surface area (Å²) in [4.78, 5) is 0. The van der Waals surface area contributed by atoms with Crippen LogP contribution in [0.3, 0.4) is 0 Å². The molecular weight excluding hydrogens is 237 g/mol. The Morgan fingerprint density at radius 1 is 1.11 bits per heavy atom. The van der Waals surface area contributed by atoms with Gasteiger partial charge in [-0.2, -0.15) is 0 Å². The van der Waals surface area contributed by atoms with Gasteiger partial charge in [0.25, 0.3) is 0 Å². The van der Waals surface area contributed by atoms with Crippen LogP contribution in [-0.2, 0) is 6.42 Å². The fourth-order valence-corrected chi connectivity index (χ4v) is 2.31. The van der Waals surface area contributed by atoms with Crippen LogP contribution in [0.15, 0.2) is 42.5 Å². The Kier molecular flexibility index (Phi) is 4.33.